The van der Waals surface area contributed by atoms with E-state index in [2.05, 4.69) is 5.38 Å². The maximum atomic E-state index is 12.0. The van der Waals surface area contributed by atoms with E-state index in [0.29, 0.717) is 6.54 Å². The van der Waals surface area contributed by atoms with Gasteiger partial charge < -0.3 is 4.90 Å². The third-order valence-corrected chi connectivity index (χ3v) is 4.81. The fraction of sp³-hybridized carbons (Fsp3) is 0.308. The predicted molar refractivity (Wildman–Crippen MR) is 80.0 cm³/mol. The zero-order valence-electron chi connectivity index (χ0n) is 10.3. The topological polar surface area (TPSA) is 20.3 Å². The second-order valence-corrected chi connectivity index (χ2v) is 6.40. The molecule has 0 N–H and O–H groups in total. The summed E-state index contributed by atoms with van der Waals surface area (Å²) in [5, 5.41) is 4.10. The number of carbonyl (C=O) groups is 1. The van der Waals surface area contributed by atoms with Crippen molar-refractivity contribution in [3.63, 3.8) is 0 Å². The quantitative estimate of drug-likeness (QED) is 0.775. The van der Waals surface area contributed by atoms with E-state index in [1.54, 1.807) is 27.6 Å². The molecule has 96 valence electrons. The predicted octanol–water partition coefficient (Wildman–Crippen LogP) is 4.20. The van der Waals surface area contributed by atoms with E-state index in [1.165, 1.54) is 4.88 Å². The average molecular weight is 300 g/mol. The van der Waals surface area contributed by atoms with Crippen molar-refractivity contribution in [1.82, 2.24) is 0 Å². The summed E-state index contributed by atoms with van der Waals surface area (Å²) in [5.74, 6) is -0.0326. The van der Waals surface area contributed by atoms with Gasteiger partial charge in [-0.15, -0.1) is 34.3 Å². The Kier molecular flexibility index (Phi) is 4.43. The molecular formula is C13H14ClNOS2. The summed E-state index contributed by atoms with van der Waals surface area (Å²) >= 11 is 9.04. The van der Waals surface area contributed by atoms with Crippen LogP contribution in [-0.4, -0.2) is 11.8 Å². The Balaban J connectivity index is 2.34. The average Bonchev–Trinajstić information content (AvgIpc) is 2.97. The molecule has 0 aromatic carbocycles. The standard InChI is InChI=1S/C13H14ClNOS2/c1-9-8-18-10(2)13(9)15(12(16)6-14)7-11-4-3-5-17-11/h3-5,8H,6-7H2,1-2H3. The SMILES string of the molecule is Cc1csc(C)c1N(Cc1cccs1)C(=O)CCl. The Hall–Kier alpha value is -0.840. The van der Waals surface area contributed by atoms with Gasteiger partial charge in [0.1, 0.15) is 5.88 Å². The molecule has 5 heteroatoms. The van der Waals surface area contributed by atoms with E-state index in [0.717, 1.165) is 16.1 Å². The molecule has 2 nitrogen and oxygen atoms in total. The van der Waals surface area contributed by atoms with Crippen molar-refractivity contribution in [2.24, 2.45) is 0 Å². The first-order valence-electron chi connectivity index (χ1n) is 5.57. The Morgan fingerprint density at radius 1 is 1.39 bits per heavy atom. The number of hydrogen-bond acceptors (Lipinski definition) is 3. The van der Waals surface area contributed by atoms with Crippen LogP contribution in [0.3, 0.4) is 0 Å². The van der Waals surface area contributed by atoms with Gasteiger partial charge >= 0.3 is 0 Å². The monoisotopic (exact) mass is 299 g/mol. The Bertz CT molecular complexity index is 514. The molecule has 0 aliphatic heterocycles. The van der Waals surface area contributed by atoms with Gasteiger partial charge in [0.2, 0.25) is 5.91 Å². The van der Waals surface area contributed by atoms with Crippen LogP contribution in [0, 0.1) is 13.8 Å². The maximum absolute atomic E-state index is 12.0. The second-order valence-electron chi connectivity index (χ2n) is 4.02. The second kappa shape index (κ2) is 5.87. The molecule has 2 aromatic rings. The lowest BCUT2D eigenvalue weighted by Gasteiger charge is -2.22. The minimum atomic E-state index is -0.0466. The van der Waals surface area contributed by atoms with Crippen LogP contribution in [0.2, 0.25) is 0 Å². The van der Waals surface area contributed by atoms with E-state index in [4.69, 9.17) is 11.6 Å². The number of anilines is 1. The third kappa shape index (κ3) is 2.76. The van der Waals surface area contributed by atoms with E-state index in [1.807, 2.05) is 31.4 Å². The lowest BCUT2D eigenvalue weighted by atomic mass is 10.2. The zero-order valence-corrected chi connectivity index (χ0v) is 12.7. The van der Waals surface area contributed by atoms with Crippen molar-refractivity contribution < 1.29 is 4.79 Å². The molecule has 0 aliphatic carbocycles. The zero-order chi connectivity index (χ0) is 13.1. The summed E-state index contributed by atoms with van der Waals surface area (Å²) in [6, 6.07) is 4.03. The van der Waals surface area contributed by atoms with Gasteiger partial charge in [-0.1, -0.05) is 6.07 Å². The number of carbonyl (C=O) groups excluding carboxylic acids is 1. The van der Waals surface area contributed by atoms with Crippen LogP contribution in [0.1, 0.15) is 15.3 Å². The van der Waals surface area contributed by atoms with Gasteiger partial charge in [0.05, 0.1) is 12.2 Å². The minimum Gasteiger partial charge on any atom is -0.305 e. The third-order valence-electron chi connectivity index (χ3n) is 2.70. The molecule has 1 amide bonds. The summed E-state index contributed by atoms with van der Waals surface area (Å²) in [4.78, 5) is 16.2. The van der Waals surface area contributed by atoms with Crippen molar-refractivity contribution in [1.29, 1.82) is 0 Å². The number of amides is 1. The van der Waals surface area contributed by atoms with E-state index >= 15 is 0 Å². The highest BCUT2D eigenvalue weighted by atomic mass is 35.5. The van der Waals surface area contributed by atoms with Crippen LogP contribution in [-0.2, 0) is 11.3 Å². The molecule has 0 radical (unpaired) electrons. The summed E-state index contributed by atoms with van der Waals surface area (Å²) in [6.07, 6.45) is 0. The van der Waals surface area contributed by atoms with Gasteiger partial charge in [0, 0.05) is 9.75 Å². The molecule has 0 unspecified atom stereocenters. The molecule has 0 spiro atoms. The molecule has 2 aromatic heterocycles. The van der Waals surface area contributed by atoms with E-state index in [9.17, 15) is 4.79 Å². The number of thiophene rings is 2. The van der Waals surface area contributed by atoms with Gasteiger partial charge in [0.15, 0.2) is 0 Å². The fourth-order valence-electron chi connectivity index (χ4n) is 1.89. The van der Waals surface area contributed by atoms with Crippen molar-refractivity contribution in [2.45, 2.75) is 20.4 Å². The molecule has 0 saturated heterocycles. The fourth-order valence-corrected chi connectivity index (χ4v) is 3.58. The molecule has 0 saturated carbocycles. The molecule has 18 heavy (non-hydrogen) atoms. The highest BCUT2D eigenvalue weighted by Gasteiger charge is 2.20. The van der Waals surface area contributed by atoms with Crippen LogP contribution < -0.4 is 4.90 Å². The molecule has 0 fully saturated rings. The molecule has 0 aliphatic rings. The first-order valence-corrected chi connectivity index (χ1v) is 7.86. The molecule has 2 heterocycles. The molecular weight excluding hydrogens is 286 g/mol. The largest absolute Gasteiger partial charge is 0.305 e. The van der Waals surface area contributed by atoms with E-state index in [-0.39, 0.29) is 11.8 Å². The van der Waals surface area contributed by atoms with Gasteiger partial charge in [-0.25, -0.2) is 0 Å². The molecule has 0 bridgehead atoms. The highest BCUT2D eigenvalue weighted by Crippen LogP contribution is 2.32. The van der Waals surface area contributed by atoms with Crippen LogP contribution >= 0.6 is 34.3 Å². The summed E-state index contributed by atoms with van der Waals surface area (Å²) in [5.41, 5.74) is 2.14. The lowest BCUT2D eigenvalue weighted by molar-refractivity contribution is -0.116. The summed E-state index contributed by atoms with van der Waals surface area (Å²) in [7, 11) is 0. The Morgan fingerprint density at radius 2 is 2.17 bits per heavy atom. The van der Waals surface area contributed by atoms with Gasteiger partial charge in [0.25, 0.3) is 0 Å². The number of hydrogen-bond donors (Lipinski definition) is 0. The summed E-state index contributed by atoms with van der Waals surface area (Å²) in [6.45, 7) is 4.67. The van der Waals surface area contributed by atoms with Gasteiger partial charge in [-0.2, -0.15) is 0 Å². The first-order chi connectivity index (χ1) is 8.63. The normalized spacial score (nSPS) is 10.6. The van der Waals surface area contributed by atoms with Crippen molar-refractivity contribution >= 4 is 45.9 Å². The van der Waals surface area contributed by atoms with E-state index < -0.39 is 0 Å². The molecule has 0 atom stereocenters. The minimum absolute atomic E-state index is 0.0140. The van der Waals surface area contributed by atoms with Crippen LogP contribution in [0.15, 0.2) is 22.9 Å². The number of nitrogens with zero attached hydrogens (tertiary/aromatic N) is 1. The maximum Gasteiger partial charge on any atom is 0.242 e. The number of alkyl halides is 1. The Labute approximate surface area is 120 Å². The molecule has 2 rings (SSSR count). The number of rotatable bonds is 4. The number of halogens is 1. The van der Waals surface area contributed by atoms with Crippen LogP contribution in [0.5, 0.6) is 0 Å². The van der Waals surface area contributed by atoms with Crippen molar-refractivity contribution in [3.8, 4) is 0 Å². The first kappa shape index (κ1) is 13.6. The summed E-state index contributed by atoms with van der Waals surface area (Å²) < 4.78 is 0. The van der Waals surface area contributed by atoms with Crippen LogP contribution in [0.25, 0.3) is 0 Å². The highest BCUT2D eigenvalue weighted by molar-refractivity contribution is 7.10. The smallest absolute Gasteiger partial charge is 0.242 e. The van der Waals surface area contributed by atoms with Crippen LogP contribution in [0.4, 0.5) is 5.69 Å². The van der Waals surface area contributed by atoms with Crippen molar-refractivity contribution in [3.05, 3.63) is 38.2 Å². The lowest BCUT2D eigenvalue weighted by Crippen LogP contribution is -2.31. The van der Waals surface area contributed by atoms with Crippen molar-refractivity contribution in [2.75, 3.05) is 10.8 Å². The Morgan fingerprint density at radius 3 is 2.67 bits per heavy atom. The number of aryl methyl sites for hydroxylation is 2. The van der Waals surface area contributed by atoms with Gasteiger partial charge in [-0.3, -0.25) is 4.79 Å². The van der Waals surface area contributed by atoms with Gasteiger partial charge in [-0.05, 0) is 36.2 Å².